The van der Waals surface area contributed by atoms with E-state index in [9.17, 15) is 0 Å². The van der Waals surface area contributed by atoms with Gasteiger partial charge in [-0.05, 0) is 53.0 Å². The third-order valence-corrected chi connectivity index (χ3v) is 3.31. The van der Waals surface area contributed by atoms with Crippen LogP contribution in [-0.2, 0) is 0 Å². The highest BCUT2D eigenvalue weighted by molar-refractivity contribution is 9.10. The maximum atomic E-state index is 5.68. The van der Waals surface area contributed by atoms with E-state index in [1.54, 1.807) is 6.07 Å². The van der Waals surface area contributed by atoms with Gasteiger partial charge in [-0.25, -0.2) is 4.98 Å². The first-order chi connectivity index (χ1) is 8.45. The number of benzene rings is 1. The fourth-order valence-electron chi connectivity index (χ4n) is 1.71. The van der Waals surface area contributed by atoms with Crippen LogP contribution in [0.4, 0.5) is 17.5 Å². The number of nitrogens with one attached hydrogen (secondary N) is 1. The number of aromatic nitrogens is 2. The van der Waals surface area contributed by atoms with Crippen LogP contribution in [0.25, 0.3) is 0 Å². The Bertz CT molecular complexity index is 555. The lowest BCUT2D eigenvalue weighted by atomic mass is 10.1. The van der Waals surface area contributed by atoms with Crippen molar-refractivity contribution in [2.45, 2.75) is 13.8 Å². The Labute approximate surface area is 122 Å². The minimum atomic E-state index is 0.423. The molecule has 2 aromatic rings. The van der Waals surface area contributed by atoms with E-state index in [1.165, 1.54) is 0 Å². The zero-order valence-corrected chi connectivity index (χ0v) is 13.1. The van der Waals surface area contributed by atoms with Crippen molar-refractivity contribution in [1.82, 2.24) is 9.97 Å². The molecule has 18 heavy (non-hydrogen) atoms. The molecule has 2 rings (SSSR count). The van der Waals surface area contributed by atoms with Crippen LogP contribution in [0.1, 0.15) is 11.1 Å². The van der Waals surface area contributed by atoms with Gasteiger partial charge >= 0.3 is 0 Å². The zero-order chi connectivity index (χ0) is 13.3. The maximum absolute atomic E-state index is 5.68. The lowest BCUT2D eigenvalue weighted by Crippen LogP contribution is -2.03. The maximum Gasteiger partial charge on any atom is 0.230 e. The molecule has 0 atom stereocenters. The summed E-state index contributed by atoms with van der Waals surface area (Å²) in [7, 11) is 0. The lowest BCUT2D eigenvalue weighted by Gasteiger charge is -2.12. The molecule has 0 aliphatic heterocycles. The van der Waals surface area contributed by atoms with E-state index in [0.29, 0.717) is 16.4 Å². The van der Waals surface area contributed by atoms with Gasteiger partial charge in [0.25, 0.3) is 0 Å². The van der Waals surface area contributed by atoms with Crippen molar-refractivity contribution >= 4 is 49.3 Å². The van der Waals surface area contributed by atoms with E-state index < -0.39 is 0 Å². The summed E-state index contributed by atoms with van der Waals surface area (Å²) in [6, 6.07) is 5.74. The van der Waals surface area contributed by atoms with Gasteiger partial charge < -0.3 is 11.1 Å². The van der Waals surface area contributed by atoms with Gasteiger partial charge in [-0.2, -0.15) is 4.98 Å². The molecule has 0 aliphatic carbocycles. The second-order valence-electron chi connectivity index (χ2n) is 3.98. The molecule has 0 bridgehead atoms. The Kier molecular flexibility index (Phi) is 3.87. The molecule has 0 radical (unpaired) electrons. The summed E-state index contributed by atoms with van der Waals surface area (Å²) in [5.74, 6) is 0.905. The topological polar surface area (TPSA) is 63.8 Å². The molecule has 0 saturated heterocycles. The van der Waals surface area contributed by atoms with Crippen LogP contribution in [-0.4, -0.2) is 9.97 Å². The van der Waals surface area contributed by atoms with Crippen LogP contribution in [0.2, 0.25) is 0 Å². The minimum Gasteiger partial charge on any atom is -0.383 e. The van der Waals surface area contributed by atoms with Gasteiger partial charge in [0.1, 0.15) is 10.4 Å². The van der Waals surface area contributed by atoms with E-state index in [2.05, 4.69) is 47.1 Å². The Hall–Kier alpha value is -1.14. The van der Waals surface area contributed by atoms with Gasteiger partial charge in [0.15, 0.2) is 0 Å². The van der Waals surface area contributed by atoms with E-state index in [0.717, 1.165) is 21.3 Å². The fourth-order valence-corrected chi connectivity index (χ4v) is 2.80. The summed E-state index contributed by atoms with van der Waals surface area (Å²) >= 11 is 6.77. The molecule has 1 heterocycles. The van der Waals surface area contributed by atoms with Crippen molar-refractivity contribution in [3.8, 4) is 0 Å². The van der Waals surface area contributed by atoms with Crippen LogP contribution >= 0.6 is 31.9 Å². The van der Waals surface area contributed by atoms with Gasteiger partial charge in [0, 0.05) is 16.2 Å². The molecule has 0 unspecified atom stereocenters. The second-order valence-corrected chi connectivity index (χ2v) is 5.71. The fraction of sp³-hybridized carbons (Fsp3) is 0.167. The predicted molar refractivity (Wildman–Crippen MR) is 81.0 cm³/mol. The molecular weight excluding hydrogens is 360 g/mol. The van der Waals surface area contributed by atoms with E-state index in [-0.39, 0.29) is 0 Å². The van der Waals surface area contributed by atoms with Crippen LogP contribution < -0.4 is 11.1 Å². The van der Waals surface area contributed by atoms with Crippen molar-refractivity contribution in [1.29, 1.82) is 0 Å². The number of anilines is 3. The Morgan fingerprint density at radius 3 is 2.22 bits per heavy atom. The van der Waals surface area contributed by atoms with Crippen molar-refractivity contribution in [3.05, 3.63) is 38.4 Å². The number of rotatable bonds is 2. The van der Waals surface area contributed by atoms with Crippen molar-refractivity contribution < 1.29 is 0 Å². The van der Waals surface area contributed by atoms with Crippen molar-refractivity contribution in [3.63, 3.8) is 0 Å². The highest BCUT2D eigenvalue weighted by Crippen LogP contribution is 2.27. The number of nitrogen functional groups attached to an aromatic ring is 1. The normalized spacial score (nSPS) is 10.4. The number of halogens is 2. The highest BCUT2D eigenvalue weighted by Gasteiger charge is 2.07. The van der Waals surface area contributed by atoms with E-state index in [1.807, 2.05) is 26.0 Å². The molecule has 0 saturated carbocycles. The molecular formula is C12H12Br2N4. The third kappa shape index (κ3) is 3.00. The molecule has 0 fully saturated rings. The van der Waals surface area contributed by atoms with Gasteiger partial charge in [-0.15, -0.1) is 0 Å². The molecule has 0 amide bonds. The average Bonchev–Trinajstić information content (AvgIpc) is 2.22. The minimum absolute atomic E-state index is 0.423. The number of hydrogen-bond donors (Lipinski definition) is 2. The van der Waals surface area contributed by atoms with E-state index in [4.69, 9.17) is 5.73 Å². The SMILES string of the molecule is Cc1cc(Br)cc(C)c1Nc1nc(N)cc(Br)n1. The first-order valence-electron chi connectivity index (χ1n) is 5.29. The van der Waals surface area contributed by atoms with Gasteiger partial charge in [-0.3, -0.25) is 0 Å². The quantitative estimate of drug-likeness (QED) is 0.784. The van der Waals surface area contributed by atoms with E-state index >= 15 is 0 Å². The molecule has 1 aromatic carbocycles. The summed E-state index contributed by atoms with van der Waals surface area (Å²) < 4.78 is 1.71. The van der Waals surface area contributed by atoms with Crippen LogP contribution in [0, 0.1) is 13.8 Å². The molecule has 3 N–H and O–H groups in total. The van der Waals surface area contributed by atoms with Crippen LogP contribution in [0.15, 0.2) is 27.3 Å². The Balaban J connectivity index is 2.40. The highest BCUT2D eigenvalue weighted by atomic mass is 79.9. The number of aryl methyl sites for hydroxylation is 2. The number of hydrogen-bond acceptors (Lipinski definition) is 4. The summed E-state index contributed by atoms with van der Waals surface area (Å²) in [5.41, 5.74) is 8.91. The Morgan fingerprint density at radius 1 is 1.06 bits per heavy atom. The molecule has 94 valence electrons. The summed E-state index contributed by atoms with van der Waals surface area (Å²) in [5, 5.41) is 3.20. The molecule has 0 spiro atoms. The average molecular weight is 372 g/mol. The third-order valence-electron chi connectivity index (χ3n) is 2.45. The molecule has 4 nitrogen and oxygen atoms in total. The Morgan fingerprint density at radius 2 is 1.67 bits per heavy atom. The predicted octanol–water partition coefficient (Wildman–Crippen LogP) is 3.94. The summed E-state index contributed by atoms with van der Waals surface area (Å²) in [6.07, 6.45) is 0. The monoisotopic (exact) mass is 370 g/mol. The van der Waals surface area contributed by atoms with Crippen LogP contribution in [0.5, 0.6) is 0 Å². The van der Waals surface area contributed by atoms with Gasteiger partial charge in [0.2, 0.25) is 5.95 Å². The number of nitrogens with two attached hydrogens (primary N) is 1. The first kappa shape index (κ1) is 13.3. The zero-order valence-electron chi connectivity index (χ0n) is 9.96. The van der Waals surface area contributed by atoms with Crippen molar-refractivity contribution in [2.24, 2.45) is 0 Å². The van der Waals surface area contributed by atoms with Gasteiger partial charge in [0.05, 0.1) is 0 Å². The standard InChI is InChI=1S/C12H12Br2N4/c1-6-3-8(13)4-7(2)11(6)18-12-16-9(14)5-10(15)17-12/h3-5H,1-2H3,(H3,15,16,17,18). The molecule has 0 aliphatic rings. The molecule has 6 heteroatoms. The smallest absolute Gasteiger partial charge is 0.230 e. The second kappa shape index (κ2) is 5.24. The summed E-state index contributed by atoms with van der Waals surface area (Å²) in [6.45, 7) is 4.06. The summed E-state index contributed by atoms with van der Waals surface area (Å²) in [4.78, 5) is 8.38. The van der Waals surface area contributed by atoms with Crippen LogP contribution in [0.3, 0.4) is 0 Å². The largest absolute Gasteiger partial charge is 0.383 e. The molecule has 1 aromatic heterocycles. The lowest BCUT2D eigenvalue weighted by molar-refractivity contribution is 1.14. The number of nitrogens with zero attached hydrogens (tertiary/aromatic N) is 2. The first-order valence-corrected chi connectivity index (χ1v) is 6.88. The van der Waals surface area contributed by atoms with Crippen molar-refractivity contribution in [2.75, 3.05) is 11.1 Å². The van der Waals surface area contributed by atoms with Gasteiger partial charge in [-0.1, -0.05) is 15.9 Å².